The lowest BCUT2D eigenvalue weighted by atomic mass is 10.1. The van der Waals surface area contributed by atoms with E-state index in [1.807, 2.05) is 39.8 Å². The van der Waals surface area contributed by atoms with Crippen LogP contribution in [0, 0.1) is 13.8 Å². The van der Waals surface area contributed by atoms with Crippen LogP contribution < -0.4 is 9.62 Å². The second-order valence-corrected chi connectivity index (χ2v) is 11.7. The average Bonchev–Trinajstić information content (AvgIpc) is 2.93. The Morgan fingerprint density at radius 1 is 0.923 bits per heavy atom. The summed E-state index contributed by atoms with van der Waals surface area (Å²) in [7, 11) is -4.10. The molecule has 2 amide bonds. The van der Waals surface area contributed by atoms with E-state index in [1.54, 1.807) is 48.5 Å². The lowest BCUT2D eigenvalue weighted by Crippen LogP contribution is -2.52. The lowest BCUT2D eigenvalue weighted by Gasteiger charge is -2.33. The van der Waals surface area contributed by atoms with Crippen molar-refractivity contribution in [3.8, 4) is 0 Å². The Morgan fingerprint density at radius 2 is 1.59 bits per heavy atom. The van der Waals surface area contributed by atoms with Crippen molar-refractivity contribution >= 4 is 39.1 Å². The van der Waals surface area contributed by atoms with Gasteiger partial charge in [0.15, 0.2) is 0 Å². The predicted molar refractivity (Wildman–Crippen MR) is 156 cm³/mol. The number of anilines is 1. The number of halogens is 1. The molecule has 0 heterocycles. The van der Waals surface area contributed by atoms with Crippen LogP contribution in [-0.2, 0) is 26.2 Å². The summed E-state index contributed by atoms with van der Waals surface area (Å²) in [5, 5.41) is 3.34. The number of hydrogen-bond donors (Lipinski definition) is 1. The molecule has 0 saturated carbocycles. The van der Waals surface area contributed by atoms with Gasteiger partial charge in [-0.1, -0.05) is 67.9 Å². The van der Waals surface area contributed by atoms with Crippen LogP contribution in [0.25, 0.3) is 0 Å². The fraction of sp³-hybridized carbons (Fsp3) is 0.333. The Morgan fingerprint density at radius 3 is 2.21 bits per heavy atom. The first-order valence-electron chi connectivity index (χ1n) is 13.1. The molecule has 0 radical (unpaired) electrons. The van der Waals surface area contributed by atoms with Gasteiger partial charge in [0.2, 0.25) is 11.8 Å². The Labute approximate surface area is 236 Å². The number of benzene rings is 3. The molecule has 1 N–H and O–H groups in total. The highest BCUT2D eigenvalue weighted by Gasteiger charge is 2.33. The second kappa shape index (κ2) is 13.6. The van der Waals surface area contributed by atoms with Crippen LogP contribution in [0.5, 0.6) is 0 Å². The summed E-state index contributed by atoms with van der Waals surface area (Å²) in [6.07, 6.45) is 1.09. The average molecular weight is 570 g/mol. The molecule has 0 aliphatic carbocycles. The minimum Gasteiger partial charge on any atom is -0.354 e. The van der Waals surface area contributed by atoms with Crippen molar-refractivity contribution in [2.45, 2.75) is 58.0 Å². The van der Waals surface area contributed by atoms with Crippen molar-refractivity contribution in [1.29, 1.82) is 0 Å². The zero-order chi connectivity index (χ0) is 28.6. The number of amides is 2. The number of nitrogens with zero attached hydrogens (tertiary/aromatic N) is 2. The van der Waals surface area contributed by atoms with E-state index in [1.165, 1.54) is 17.0 Å². The van der Waals surface area contributed by atoms with Crippen molar-refractivity contribution in [1.82, 2.24) is 10.2 Å². The van der Waals surface area contributed by atoms with Gasteiger partial charge in [-0.15, -0.1) is 0 Å². The van der Waals surface area contributed by atoms with Gasteiger partial charge >= 0.3 is 0 Å². The Kier molecular flexibility index (Phi) is 10.5. The van der Waals surface area contributed by atoms with Crippen molar-refractivity contribution in [2.75, 3.05) is 17.4 Å². The van der Waals surface area contributed by atoms with E-state index >= 15 is 0 Å². The molecule has 39 heavy (non-hydrogen) atoms. The maximum Gasteiger partial charge on any atom is 0.264 e. The summed E-state index contributed by atoms with van der Waals surface area (Å²) < 4.78 is 28.9. The number of sulfonamides is 1. The van der Waals surface area contributed by atoms with Crippen molar-refractivity contribution in [2.24, 2.45) is 0 Å². The molecule has 3 aromatic rings. The van der Waals surface area contributed by atoms with Gasteiger partial charge in [-0.25, -0.2) is 8.42 Å². The Balaban J connectivity index is 2.07. The van der Waals surface area contributed by atoms with Gasteiger partial charge in [0.25, 0.3) is 10.0 Å². The Hall–Kier alpha value is -3.36. The predicted octanol–water partition coefficient (Wildman–Crippen LogP) is 5.49. The van der Waals surface area contributed by atoms with Crippen LogP contribution in [0.2, 0.25) is 5.02 Å². The van der Waals surface area contributed by atoms with Gasteiger partial charge in [-0.05, 0) is 73.7 Å². The van der Waals surface area contributed by atoms with E-state index in [-0.39, 0.29) is 17.3 Å². The molecule has 3 aromatic carbocycles. The van der Waals surface area contributed by atoms with Crippen LogP contribution >= 0.6 is 11.6 Å². The molecule has 0 aliphatic rings. The monoisotopic (exact) mass is 569 g/mol. The van der Waals surface area contributed by atoms with Crippen LogP contribution in [0.3, 0.4) is 0 Å². The fourth-order valence-electron chi connectivity index (χ4n) is 4.22. The third kappa shape index (κ3) is 7.40. The van der Waals surface area contributed by atoms with Crippen molar-refractivity contribution in [3.63, 3.8) is 0 Å². The molecule has 0 aromatic heterocycles. The topological polar surface area (TPSA) is 86.8 Å². The number of carbonyl (C=O) groups is 2. The van der Waals surface area contributed by atoms with Crippen LogP contribution in [0.4, 0.5) is 5.69 Å². The van der Waals surface area contributed by atoms with Gasteiger partial charge in [0.05, 0.1) is 10.6 Å². The summed E-state index contributed by atoms with van der Waals surface area (Å²) in [6, 6.07) is 19.6. The SMILES string of the molecule is CCCNC(=O)[C@H](CC)N(Cc1ccccc1Cl)C(=O)CN(c1ccc(C)c(C)c1)S(=O)(=O)c1ccccc1. The van der Waals surface area contributed by atoms with Gasteiger partial charge in [-0.2, -0.15) is 0 Å². The number of rotatable bonds is 12. The third-order valence-electron chi connectivity index (χ3n) is 6.62. The van der Waals surface area contributed by atoms with E-state index in [0.29, 0.717) is 29.2 Å². The largest absolute Gasteiger partial charge is 0.354 e. The summed E-state index contributed by atoms with van der Waals surface area (Å²) in [5.41, 5.74) is 2.93. The first-order chi connectivity index (χ1) is 18.6. The maximum atomic E-state index is 14.0. The van der Waals surface area contributed by atoms with E-state index < -0.39 is 28.5 Å². The zero-order valence-corrected chi connectivity index (χ0v) is 24.4. The van der Waals surface area contributed by atoms with Gasteiger partial charge in [0, 0.05) is 18.1 Å². The number of aryl methyl sites for hydroxylation is 2. The van der Waals surface area contributed by atoms with Gasteiger partial charge in [0.1, 0.15) is 12.6 Å². The summed E-state index contributed by atoms with van der Waals surface area (Å²) in [4.78, 5) is 28.7. The maximum absolute atomic E-state index is 14.0. The van der Waals surface area contributed by atoms with Crippen molar-refractivity contribution < 1.29 is 18.0 Å². The van der Waals surface area contributed by atoms with Crippen LogP contribution in [0.1, 0.15) is 43.4 Å². The lowest BCUT2D eigenvalue weighted by molar-refractivity contribution is -0.140. The molecule has 9 heteroatoms. The standard InChI is InChI=1S/C30H36ClN3O4S/c1-5-18-32-30(36)28(6-2)33(20-24-12-10-11-15-27(24)31)29(35)21-34(25-17-16-22(3)23(4)19-25)39(37,38)26-13-8-7-9-14-26/h7-17,19,28H,5-6,18,20-21H2,1-4H3,(H,32,36)/t28-/m0/s1. The zero-order valence-electron chi connectivity index (χ0n) is 22.9. The van der Waals surface area contributed by atoms with E-state index in [2.05, 4.69) is 5.32 Å². The molecule has 7 nitrogen and oxygen atoms in total. The van der Waals surface area contributed by atoms with Gasteiger partial charge < -0.3 is 10.2 Å². The van der Waals surface area contributed by atoms with Crippen LogP contribution in [0.15, 0.2) is 77.7 Å². The minimum absolute atomic E-state index is 0.0582. The molecule has 0 unspecified atom stereocenters. The van der Waals surface area contributed by atoms with E-state index in [0.717, 1.165) is 21.9 Å². The molecular formula is C30H36ClN3O4S. The molecular weight excluding hydrogens is 534 g/mol. The summed E-state index contributed by atoms with van der Waals surface area (Å²) in [6.45, 7) is 7.65. The van der Waals surface area contributed by atoms with Crippen molar-refractivity contribution in [3.05, 3.63) is 94.5 Å². The fourth-order valence-corrected chi connectivity index (χ4v) is 5.85. The number of nitrogens with one attached hydrogen (secondary N) is 1. The summed E-state index contributed by atoms with van der Waals surface area (Å²) >= 11 is 6.43. The number of carbonyl (C=O) groups excluding carboxylic acids is 2. The smallest absolute Gasteiger partial charge is 0.264 e. The van der Waals surface area contributed by atoms with E-state index in [9.17, 15) is 18.0 Å². The molecule has 0 bridgehead atoms. The number of hydrogen-bond acceptors (Lipinski definition) is 4. The van der Waals surface area contributed by atoms with Gasteiger partial charge in [-0.3, -0.25) is 13.9 Å². The molecule has 1 atom stereocenters. The molecule has 0 fully saturated rings. The quantitative estimate of drug-likeness (QED) is 0.313. The Bertz CT molecular complexity index is 1400. The molecule has 0 aliphatic heterocycles. The molecule has 0 spiro atoms. The molecule has 208 valence electrons. The normalized spacial score (nSPS) is 12.0. The van der Waals surface area contributed by atoms with Crippen LogP contribution in [-0.4, -0.2) is 44.3 Å². The summed E-state index contributed by atoms with van der Waals surface area (Å²) in [5.74, 6) is -0.797. The highest BCUT2D eigenvalue weighted by molar-refractivity contribution is 7.92. The van der Waals surface area contributed by atoms with E-state index in [4.69, 9.17) is 11.6 Å². The first kappa shape index (κ1) is 30.2. The minimum atomic E-state index is -4.10. The first-order valence-corrected chi connectivity index (χ1v) is 14.9. The highest BCUT2D eigenvalue weighted by Crippen LogP contribution is 2.27. The molecule has 0 saturated heterocycles. The highest BCUT2D eigenvalue weighted by atomic mass is 35.5. The molecule has 3 rings (SSSR count). The third-order valence-corrected chi connectivity index (χ3v) is 8.78. The second-order valence-electron chi connectivity index (χ2n) is 9.42.